The highest BCUT2D eigenvalue weighted by Gasteiger charge is 2.40. The number of carbonyl (C=O) groups is 3. The van der Waals surface area contributed by atoms with Gasteiger partial charge in [0.2, 0.25) is 11.8 Å². The molecule has 1 aliphatic heterocycles. The first-order valence-electron chi connectivity index (χ1n) is 13.2. The Balaban J connectivity index is 1.26. The number of rotatable bonds is 7. The monoisotopic (exact) mass is 567 g/mol. The lowest BCUT2D eigenvalue weighted by Gasteiger charge is -2.24. The third-order valence-electron chi connectivity index (χ3n) is 7.34. The molecule has 0 saturated carbocycles. The van der Waals surface area contributed by atoms with Gasteiger partial charge >= 0.3 is 0 Å². The predicted octanol–water partition coefficient (Wildman–Crippen LogP) is 2.57. The van der Waals surface area contributed by atoms with Crippen LogP contribution < -0.4 is 11.1 Å². The maximum absolute atomic E-state index is 14.7. The van der Waals surface area contributed by atoms with Gasteiger partial charge in [0.1, 0.15) is 18.8 Å². The van der Waals surface area contributed by atoms with E-state index >= 15 is 0 Å². The number of carbonyl (C=O) groups excluding carboxylic acids is 3. The van der Waals surface area contributed by atoms with Crippen LogP contribution in [0.25, 0.3) is 33.3 Å². The molecule has 1 saturated heterocycles. The Labute approximate surface area is 239 Å². The average molecular weight is 568 g/mol. The van der Waals surface area contributed by atoms with Crippen molar-refractivity contribution in [1.29, 1.82) is 0 Å². The smallest absolute Gasteiger partial charge is 0.269 e. The van der Waals surface area contributed by atoms with Crippen LogP contribution >= 0.6 is 0 Å². The molecule has 3 N–H and O–H groups in total. The maximum Gasteiger partial charge on any atom is 0.269 e. The van der Waals surface area contributed by atoms with Gasteiger partial charge in [-0.05, 0) is 29.8 Å². The summed E-state index contributed by atoms with van der Waals surface area (Å²) in [5, 5.41) is 15.3. The molecule has 0 spiro atoms. The molecule has 2 aromatic carbocycles. The number of nitrogens with one attached hydrogen (secondary N) is 1. The number of anilines is 1. The molecule has 0 radical (unpaired) electrons. The summed E-state index contributed by atoms with van der Waals surface area (Å²) in [4.78, 5) is 44.5. The first-order valence-corrected chi connectivity index (χ1v) is 13.2. The number of hydrogen-bond acceptors (Lipinski definition) is 7. The minimum atomic E-state index is -1.37. The number of primary amides is 1. The Morgan fingerprint density at radius 2 is 1.90 bits per heavy atom. The Bertz CT molecular complexity index is 1820. The molecule has 2 atom stereocenters. The van der Waals surface area contributed by atoms with Crippen LogP contribution in [0.4, 0.5) is 10.1 Å². The molecule has 5 aromatic rings. The van der Waals surface area contributed by atoms with E-state index in [4.69, 9.17) is 5.73 Å². The Kier molecular flexibility index (Phi) is 6.90. The standard InChI is InChI=1S/C29H26FN9O3/c1-37-16-32-13-25(37)20-4-2-3-5-22(20)35-29(42)24-11-19(30)14-38(24)26(40)15-39-23-7-6-17(18-8-9-33-34-12-18)10-21(23)27(36-39)28(31)41/h2-10,12-13,16,19,24H,11,14-15H2,1H3,(H2,31,41)(H,35,42). The molecule has 0 bridgehead atoms. The number of para-hydroxylation sites is 1. The van der Waals surface area contributed by atoms with Crippen molar-refractivity contribution in [2.75, 3.05) is 11.9 Å². The molecule has 4 heterocycles. The zero-order chi connectivity index (χ0) is 29.4. The van der Waals surface area contributed by atoms with E-state index in [1.807, 2.05) is 23.7 Å². The molecular formula is C29H26FN9O3. The molecule has 2 unspecified atom stereocenters. The number of aryl methyl sites for hydroxylation is 1. The van der Waals surface area contributed by atoms with Crippen molar-refractivity contribution in [3.8, 4) is 22.4 Å². The van der Waals surface area contributed by atoms with Crippen LogP contribution in [0.15, 0.2) is 73.4 Å². The van der Waals surface area contributed by atoms with Crippen LogP contribution in [0, 0.1) is 0 Å². The molecule has 3 aromatic heterocycles. The second-order valence-corrected chi connectivity index (χ2v) is 10.1. The van der Waals surface area contributed by atoms with Crippen molar-refractivity contribution in [1.82, 2.24) is 34.4 Å². The Hall–Kier alpha value is -5.46. The zero-order valence-electron chi connectivity index (χ0n) is 22.5. The number of aromatic nitrogens is 6. The molecular weight excluding hydrogens is 541 g/mol. The van der Waals surface area contributed by atoms with Gasteiger partial charge in [-0.1, -0.05) is 24.3 Å². The summed E-state index contributed by atoms with van der Waals surface area (Å²) < 4.78 is 17.8. The van der Waals surface area contributed by atoms with Gasteiger partial charge in [-0.2, -0.15) is 15.3 Å². The summed E-state index contributed by atoms with van der Waals surface area (Å²) in [6.07, 6.45) is 4.96. The number of fused-ring (bicyclic) bond motifs is 1. The van der Waals surface area contributed by atoms with Gasteiger partial charge < -0.3 is 20.5 Å². The minimum Gasteiger partial charge on any atom is -0.364 e. The fraction of sp³-hybridized carbons (Fsp3) is 0.207. The highest BCUT2D eigenvalue weighted by molar-refractivity contribution is 6.05. The summed E-state index contributed by atoms with van der Waals surface area (Å²) in [6.45, 7) is -0.552. The molecule has 0 aliphatic carbocycles. The van der Waals surface area contributed by atoms with Crippen LogP contribution in [0.3, 0.4) is 0 Å². The topological polar surface area (TPSA) is 154 Å². The van der Waals surface area contributed by atoms with Gasteiger partial charge in [-0.3, -0.25) is 19.1 Å². The number of benzene rings is 2. The second kappa shape index (κ2) is 10.8. The Morgan fingerprint density at radius 3 is 2.64 bits per heavy atom. The lowest BCUT2D eigenvalue weighted by atomic mass is 10.0. The van der Waals surface area contributed by atoms with Crippen molar-refractivity contribution in [3.63, 3.8) is 0 Å². The van der Waals surface area contributed by atoms with Gasteiger partial charge in [0.25, 0.3) is 5.91 Å². The van der Waals surface area contributed by atoms with Crippen LogP contribution in [0.2, 0.25) is 0 Å². The minimum absolute atomic E-state index is 0.00693. The fourth-order valence-corrected chi connectivity index (χ4v) is 5.30. The van der Waals surface area contributed by atoms with E-state index in [0.29, 0.717) is 16.6 Å². The number of amides is 3. The number of hydrogen-bond donors (Lipinski definition) is 2. The summed E-state index contributed by atoms with van der Waals surface area (Å²) >= 11 is 0. The van der Waals surface area contributed by atoms with E-state index in [-0.39, 0.29) is 25.2 Å². The molecule has 42 heavy (non-hydrogen) atoms. The van der Waals surface area contributed by atoms with Crippen LogP contribution in [-0.2, 0) is 23.2 Å². The van der Waals surface area contributed by atoms with Crippen molar-refractivity contribution in [2.24, 2.45) is 12.8 Å². The molecule has 6 rings (SSSR count). The van der Waals surface area contributed by atoms with Crippen LogP contribution in [-0.4, -0.2) is 70.9 Å². The third-order valence-corrected chi connectivity index (χ3v) is 7.34. The molecule has 12 nitrogen and oxygen atoms in total. The summed E-state index contributed by atoms with van der Waals surface area (Å²) in [5.41, 5.74) is 9.66. The van der Waals surface area contributed by atoms with E-state index < -0.39 is 29.9 Å². The van der Waals surface area contributed by atoms with Crippen LogP contribution in [0.5, 0.6) is 0 Å². The van der Waals surface area contributed by atoms with E-state index in [1.54, 1.807) is 61.3 Å². The zero-order valence-corrected chi connectivity index (χ0v) is 22.5. The molecule has 1 aliphatic rings. The molecule has 212 valence electrons. The quantitative estimate of drug-likeness (QED) is 0.306. The van der Waals surface area contributed by atoms with E-state index in [9.17, 15) is 18.8 Å². The van der Waals surface area contributed by atoms with Crippen molar-refractivity contribution in [2.45, 2.75) is 25.2 Å². The summed E-state index contributed by atoms with van der Waals surface area (Å²) in [6, 6.07) is 13.2. The van der Waals surface area contributed by atoms with Gasteiger partial charge in [-0.25, -0.2) is 9.37 Å². The van der Waals surface area contributed by atoms with Crippen LogP contribution in [0.1, 0.15) is 16.9 Å². The number of halogens is 1. The maximum atomic E-state index is 14.7. The van der Waals surface area contributed by atoms with Gasteiger partial charge in [0.05, 0.1) is 48.4 Å². The number of imidazole rings is 1. The fourth-order valence-electron chi connectivity index (χ4n) is 5.30. The van der Waals surface area contributed by atoms with E-state index in [2.05, 4.69) is 25.6 Å². The van der Waals surface area contributed by atoms with Gasteiger partial charge in [-0.15, -0.1) is 0 Å². The summed E-state index contributed by atoms with van der Waals surface area (Å²) in [5.74, 6) is -1.78. The van der Waals surface area contributed by atoms with Gasteiger partial charge in [0, 0.05) is 30.0 Å². The number of alkyl halides is 1. The van der Waals surface area contributed by atoms with Crippen molar-refractivity contribution < 1.29 is 18.8 Å². The number of nitrogens with zero attached hydrogens (tertiary/aromatic N) is 7. The lowest BCUT2D eigenvalue weighted by molar-refractivity contribution is -0.137. The lowest BCUT2D eigenvalue weighted by Crippen LogP contribution is -2.44. The molecule has 1 fully saturated rings. The third kappa shape index (κ3) is 4.96. The van der Waals surface area contributed by atoms with Gasteiger partial charge in [0.15, 0.2) is 5.69 Å². The normalized spacial score (nSPS) is 16.6. The largest absolute Gasteiger partial charge is 0.364 e. The van der Waals surface area contributed by atoms with E-state index in [0.717, 1.165) is 22.4 Å². The van der Waals surface area contributed by atoms with Crippen molar-refractivity contribution >= 4 is 34.3 Å². The molecule has 3 amide bonds. The predicted molar refractivity (Wildman–Crippen MR) is 152 cm³/mol. The molecule has 13 heteroatoms. The number of nitrogens with two attached hydrogens (primary N) is 1. The number of likely N-dealkylation sites (tertiary alicyclic amines) is 1. The van der Waals surface area contributed by atoms with Crippen molar-refractivity contribution in [3.05, 3.63) is 79.1 Å². The highest BCUT2D eigenvalue weighted by atomic mass is 19.1. The van der Waals surface area contributed by atoms with E-state index in [1.165, 1.54) is 9.58 Å². The average Bonchev–Trinajstić information content (AvgIpc) is 3.70. The Morgan fingerprint density at radius 1 is 1.07 bits per heavy atom. The second-order valence-electron chi connectivity index (χ2n) is 10.1. The first kappa shape index (κ1) is 26.7. The highest BCUT2D eigenvalue weighted by Crippen LogP contribution is 2.30. The first-order chi connectivity index (χ1) is 20.3. The summed E-state index contributed by atoms with van der Waals surface area (Å²) in [7, 11) is 1.84. The SMILES string of the molecule is Cn1cncc1-c1ccccc1NC(=O)C1CC(F)CN1C(=O)Cn1nc(C(N)=O)c2cc(-c3ccnnc3)ccc21.